The van der Waals surface area contributed by atoms with Crippen molar-refractivity contribution in [2.75, 3.05) is 11.9 Å². The highest BCUT2D eigenvalue weighted by molar-refractivity contribution is 5.72. The maximum absolute atomic E-state index is 10.8. The van der Waals surface area contributed by atoms with Gasteiger partial charge in [0.05, 0.1) is 6.10 Å². The lowest BCUT2D eigenvalue weighted by Gasteiger charge is -2.14. The number of hydrogen-bond acceptors (Lipinski definition) is 3. The van der Waals surface area contributed by atoms with Gasteiger partial charge in [-0.1, -0.05) is 26.0 Å². The molecule has 1 saturated heterocycles. The van der Waals surface area contributed by atoms with Crippen molar-refractivity contribution in [2.45, 2.75) is 44.8 Å². The predicted molar refractivity (Wildman–Crippen MR) is 74.6 cm³/mol. The lowest BCUT2D eigenvalue weighted by molar-refractivity contribution is -0.149. The maximum Gasteiger partial charge on any atom is 0.332 e. The summed E-state index contributed by atoms with van der Waals surface area (Å²) in [4.78, 5) is 10.8. The van der Waals surface area contributed by atoms with Crippen molar-refractivity contribution in [3.05, 3.63) is 29.8 Å². The molecule has 0 radical (unpaired) electrons. The van der Waals surface area contributed by atoms with Gasteiger partial charge in [0.1, 0.15) is 0 Å². The number of hydrogen-bond donors (Lipinski definition) is 2. The van der Waals surface area contributed by atoms with Crippen LogP contribution in [-0.2, 0) is 9.53 Å². The Bertz CT molecular complexity index is 445. The minimum atomic E-state index is -0.857. The number of anilines is 1. The Hall–Kier alpha value is -1.55. The highest BCUT2D eigenvalue weighted by Crippen LogP contribution is 2.22. The second-order valence-corrected chi connectivity index (χ2v) is 5.32. The summed E-state index contributed by atoms with van der Waals surface area (Å²) in [5, 5.41) is 12.2. The molecule has 1 heterocycles. The van der Waals surface area contributed by atoms with Crippen LogP contribution >= 0.6 is 0 Å². The van der Waals surface area contributed by atoms with E-state index in [1.54, 1.807) is 0 Å². The molecule has 0 bridgehead atoms. The molecule has 2 unspecified atom stereocenters. The summed E-state index contributed by atoms with van der Waals surface area (Å²) in [7, 11) is 0. The van der Waals surface area contributed by atoms with Crippen LogP contribution < -0.4 is 5.32 Å². The molecule has 0 spiro atoms. The first-order chi connectivity index (χ1) is 9.06. The molecule has 4 heteroatoms. The molecule has 1 aliphatic heterocycles. The Morgan fingerprint density at radius 3 is 2.89 bits per heavy atom. The lowest BCUT2D eigenvalue weighted by atomic mass is 10.0. The van der Waals surface area contributed by atoms with Crippen molar-refractivity contribution in [2.24, 2.45) is 0 Å². The van der Waals surface area contributed by atoms with Gasteiger partial charge in [0.15, 0.2) is 6.10 Å². The zero-order valence-corrected chi connectivity index (χ0v) is 11.4. The zero-order chi connectivity index (χ0) is 13.8. The van der Waals surface area contributed by atoms with Crippen molar-refractivity contribution in [3.8, 4) is 0 Å². The van der Waals surface area contributed by atoms with Crippen molar-refractivity contribution in [1.82, 2.24) is 0 Å². The van der Waals surface area contributed by atoms with Gasteiger partial charge in [-0.15, -0.1) is 0 Å². The van der Waals surface area contributed by atoms with E-state index in [-0.39, 0.29) is 6.10 Å². The standard InChI is InChI=1S/C15H21NO3/c1-10(2)11-4-3-5-12(8-11)16-9-13-6-7-14(19-13)15(17)18/h3-5,8,10,13-14,16H,6-7,9H2,1-2H3,(H,17,18). The van der Waals surface area contributed by atoms with Crippen LogP contribution in [0.15, 0.2) is 24.3 Å². The van der Waals surface area contributed by atoms with Gasteiger partial charge < -0.3 is 15.2 Å². The average Bonchev–Trinajstić information content (AvgIpc) is 2.85. The van der Waals surface area contributed by atoms with Gasteiger partial charge in [0.25, 0.3) is 0 Å². The molecular weight excluding hydrogens is 242 g/mol. The van der Waals surface area contributed by atoms with Crippen molar-refractivity contribution >= 4 is 11.7 Å². The van der Waals surface area contributed by atoms with Crippen LogP contribution in [0.5, 0.6) is 0 Å². The van der Waals surface area contributed by atoms with E-state index in [9.17, 15) is 4.79 Å². The van der Waals surface area contributed by atoms with Gasteiger partial charge in [-0.25, -0.2) is 4.79 Å². The summed E-state index contributed by atoms with van der Waals surface area (Å²) in [6, 6.07) is 8.30. The van der Waals surface area contributed by atoms with E-state index in [0.29, 0.717) is 18.9 Å². The fourth-order valence-corrected chi connectivity index (χ4v) is 2.28. The molecule has 2 atom stereocenters. The largest absolute Gasteiger partial charge is 0.479 e. The van der Waals surface area contributed by atoms with Crippen molar-refractivity contribution in [3.63, 3.8) is 0 Å². The van der Waals surface area contributed by atoms with Gasteiger partial charge in [-0.2, -0.15) is 0 Å². The monoisotopic (exact) mass is 263 g/mol. The molecule has 19 heavy (non-hydrogen) atoms. The van der Waals surface area contributed by atoms with E-state index >= 15 is 0 Å². The van der Waals surface area contributed by atoms with E-state index in [0.717, 1.165) is 12.1 Å². The summed E-state index contributed by atoms with van der Waals surface area (Å²) in [5.74, 6) is -0.356. The number of nitrogens with one attached hydrogen (secondary N) is 1. The number of ether oxygens (including phenoxy) is 1. The molecule has 1 aliphatic rings. The molecule has 4 nitrogen and oxygen atoms in total. The number of carboxylic acid groups (broad SMARTS) is 1. The summed E-state index contributed by atoms with van der Waals surface area (Å²) >= 11 is 0. The first-order valence-electron chi connectivity index (χ1n) is 6.78. The quantitative estimate of drug-likeness (QED) is 0.857. The number of benzene rings is 1. The highest BCUT2D eigenvalue weighted by atomic mass is 16.5. The molecule has 2 rings (SSSR count). The number of aliphatic carboxylic acids is 1. The Morgan fingerprint density at radius 1 is 1.47 bits per heavy atom. The second kappa shape index (κ2) is 6.06. The Balaban J connectivity index is 1.86. The predicted octanol–water partition coefficient (Wildman–Crippen LogP) is 2.85. The molecule has 1 aromatic rings. The topological polar surface area (TPSA) is 58.6 Å². The van der Waals surface area contributed by atoms with E-state index in [4.69, 9.17) is 9.84 Å². The number of rotatable bonds is 5. The number of carboxylic acids is 1. The van der Waals surface area contributed by atoms with Crippen LogP contribution in [0.1, 0.15) is 38.2 Å². The Morgan fingerprint density at radius 2 is 2.26 bits per heavy atom. The lowest BCUT2D eigenvalue weighted by Crippen LogP contribution is -2.24. The van der Waals surface area contributed by atoms with Crippen molar-refractivity contribution < 1.29 is 14.6 Å². The van der Waals surface area contributed by atoms with Crippen LogP contribution in [0.3, 0.4) is 0 Å². The molecule has 0 amide bonds. The second-order valence-electron chi connectivity index (χ2n) is 5.32. The molecule has 0 aliphatic carbocycles. The van der Waals surface area contributed by atoms with Crippen LogP contribution in [0.25, 0.3) is 0 Å². The summed E-state index contributed by atoms with van der Waals surface area (Å²) in [6.07, 6.45) is 0.763. The molecule has 1 aromatic carbocycles. The molecule has 0 saturated carbocycles. The van der Waals surface area contributed by atoms with E-state index in [2.05, 4.69) is 31.3 Å². The normalized spacial score (nSPS) is 22.7. The highest BCUT2D eigenvalue weighted by Gasteiger charge is 2.30. The summed E-state index contributed by atoms with van der Waals surface area (Å²) in [5.41, 5.74) is 2.36. The number of carbonyl (C=O) groups is 1. The van der Waals surface area contributed by atoms with E-state index < -0.39 is 12.1 Å². The van der Waals surface area contributed by atoms with Crippen LogP contribution in [0.2, 0.25) is 0 Å². The van der Waals surface area contributed by atoms with Crippen molar-refractivity contribution in [1.29, 1.82) is 0 Å². The maximum atomic E-state index is 10.8. The minimum absolute atomic E-state index is 0.0104. The molecule has 0 aromatic heterocycles. The summed E-state index contributed by atoms with van der Waals surface area (Å²) in [6.45, 7) is 4.98. The molecule has 1 fully saturated rings. The zero-order valence-electron chi connectivity index (χ0n) is 11.4. The van der Waals surface area contributed by atoms with Gasteiger partial charge in [-0.05, 0) is 36.5 Å². The van der Waals surface area contributed by atoms with Gasteiger partial charge in [0, 0.05) is 12.2 Å². The first kappa shape index (κ1) is 13.9. The van der Waals surface area contributed by atoms with Gasteiger partial charge >= 0.3 is 5.97 Å². The molecule has 104 valence electrons. The van der Waals surface area contributed by atoms with Crippen LogP contribution in [0, 0.1) is 0 Å². The van der Waals surface area contributed by atoms with Crippen LogP contribution in [-0.4, -0.2) is 29.8 Å². The smallest absolute Gasteiger partial charge is 0.332 e. The summed E-state index contributed by atoms with van der Waals surface area (Å²) < 4.78 is 5.46. The fourth-order valence-electron chi connectivity index (χ4n) is 2.28. The van der Waals surface area contributed by atoms with Crippen LogP contribution in [0.4, 0.5) is 5.69 Å². The third kappa shape index (κ3) is 3.70. The SMILES string of the molecule is CC(C)c1cccc(NCC2CCC(C(=O)O)O2)c1. The Kier molecular flexibility index (Phi) is 4.43. The van der Waals surface area contributed by atoms with E-state index in [1.165, 1.54) is 5.56 Å². The first-order valence-corrected chi connectivity index (χ1v) is 6.78. The third-order valence-corrected chi connectivity index (χ3v) is 3.47. The van der Waals surface area contributed by atoms with Gasteiger partial charge in [0.2, 0.25) is 0 Å². The third-order valence-electron chi connectivity index (χ3n) is 3.47. The fraction of sp³-hybridized carbons (Fsp3) is 0.533. The Labute approximate surface area is 113 Å². The minimum Gasteiger partial charge on any atom is -0.479 e. The molecule has 2 N–H and O–H groups in total. The molecular formula is C15H21NO3. The average molecular weight is 263 g/mol. The van der Waals surface area contributed by atoms with Gasteiger partial charge in [-0.3, -0.25) is 0 Å². The van der Waals surface area contributed by atoms with E-state index in [1.807, 2.05) is 12.1 Å².